The third-order valence-corrected chi connectivity index (χ3v) is 4.82. The van der Waals surface area contributed by atoms with E-state index in [0.29, 0.717) is 6.61 Å². The van der Waals surface area contributed by atoms with E-state index in [1.807, 2.05) is 6.92 Å². The third kappa shape index (κ3) is 1.87. The molecule has 0 aromatic rings. The molecule has 18 heavy (non-hydrogen) atoms. The molecule has 1 aliphatic heterocycles. The molecule has 5 heteroatoms. The number of ether oxygens (including phenoxy) is 1. The van der Waals surface area contributed by atoms with Crippen LogP contribution >= 0.6 is 15.9 Å². The molecule has 1 saturated carbocycles. The van der Waals surface area contributed by atoms with E-state index in [0.717, 1.165) is 18.6 Å². The Labute approximate surface area is 116 Å². The lowest BCUT2D eigenvalue weighted by Gasteiger charge is -2.29. The van der Waals surface area contributed by atoms with Crippen LogP contribution in [0.25, 0.3) is 0 Å². The summed E-state index contributed by atoms with van der Waals surface area (Å²) < 4.78 is 5.19. The van der Waals surface area contributed by atoms with Crippen molar-refractivity contribution in [2.45, 2.75) is 51.0 Å². The van der Waals surface area contributed by atoms with Gasteiger partial charge in [0.25, 0.3) is 5.60 Å². The highest BCUT2D eigenvalue weighted by atomic mass is 79.9. The summed E-state index contributed by atoms with van der Waals surface area (Å²) in [4.78, 5) is 17.8. The summed E-state index contributed by atoms with van der Waals surface area (Å²) in [5.74, 6) is -0.265. The Morgan fingerprint density at radius 1 is 1.56 bits per heavy atom. The van der Waals surface area contributed by atoms with Gasteiger partial charge in [-0.3, -0.25) is 0 Å². The highest BCUT2D eigenvalue weighted by Gasteiger charge is 2.65. The molecule has 0 saturated heterocycles. The van der Waals surface area contributed by atoms with Crippen molar-refractivity contribution in [3.63, 3.8) is 0 Å². The zero-order valence-electron chi connectivity index (χ0n) is 11.3. The summed E-state index contributed by atoms with van der Waals surface area (Å²) in [6.45, 7) is 8.46. The first kappa shape index (κ1) is 13.8. The molecule has 0 radical (unpaired) electrons. The van der Waals surface area contributed by atoms with Crippen LogP contribution in [-0.2, 0) is 14.4 Å². The molecule has 1 aliphatic carbocycles. The summed E-state index contributed by atoms with van der Waals surface area (Å²) in [5.41, 5.74) is -0.0632. The van der Waals surface area contributed by atoms with E-state index in [9.17, 15) is 4.79 Å². The van der Waals surface area contributed by atoms with Crippen molar-refractivity contribution < 1.29 is 14.4 Å². The SMILES string of the molecule is CCOC(=O)C12ON=C(C(C)(C)C)C1CCC2Br. The van der Waals surface area contributed by atoms with Gasteiger partial charge in [-0.05, 0) is 19.8 Å². The molecule has 2 rings (SSSR count). The van der Waals surface area contributed by atoms with Gasteiger partial charge in [0.2, 0.25) is 0 Å². The summed E-state index contributed by atoms with van der Waals surface area (Å²) in [6, 6.07) is 0. The fraction of sp³-hybridized carbons (Fsp3) is 0.846. The number of alkyl halides is 1. The molecule has 0 aromatic carbocycles. The number of hydrogen-bond donors (Lipinski definition) is 0. The van der Waals surface area contributed by atoms with Crippen LogP contribution in [-0.4, -0.2) is 28.7 Å². The molecular formula is C13H20BrNO3. The van der Waals surface area contributed by atoms with Gasteiger partial charge in [-0.25, -0.2) is 4.79 Å². The van der Waals surface area contributed by atoms with Crippen LogP contribution in [0.4, 0.5) is 0 Å². The maximum absolute atomic E-state index is 12.3. The first-order valence-corrected chi connectivity index (χ1v) is 7.33. The first-order chi connectivity index (χ1) is 8.34. The summed E-state index contributed by atoms with van der Waals surface area (Å²) in [5, 5.41) is 4.20. The molecule has 3 unspecified atom stereocenters. The van der Waals surface area contributed by atoms with Gasteiger partial charge in [0.15, 0.2) is 0 Å². The number of carbonyl (C=O) groups excluding carboxylic acids is 1. The molecule has 1 fully saturated rings. The van der Waals surface area contributed by atoms with Crippen LogP contribution in [0.3, 0.4) is 0 Å². The quantitative estimate of drug-likeness (QED) is 0.581. The minimum absolute atomic E-state index is 0.0286. The maximum atomic E-state index is 12.3. The molecule has 3 atom stereocenters. The zero-order chi connectivity index (χ0) is 13.6. The van der Waals surface area contributed by atoms with Gasteiger partial charge in [0, 0.05) is 5.41 Å². The number of hydrogen-bond acceptors (Lipinski definition) is 4. The van der Waals surface area contributed by atoms with Crippen LogP contribution in [0.5, 0.6) is 0 Å². The Morgan fingerprint density at radius 2 is 2.22 bits per heavy atom. The zero-order valence-corrected chi connectivity index (χ0v) is 12.9. The Kier molecular flexibility index (Phi) is 3.47. The van der Waals surface area contributed by atoms with E-state index in [4.69, 9.17) is 9.57 Å². The topological polar surface area (TPSA) is 47.9 Å². The fourth-order valence-electron chi connectivity index (χ4n) is 2.82. The molecule has 2 aliphatic rings. The predicted octanol–water partition coefficient (Wildman–Crippen LogP) is 2.89. The van der Waals surface area contributed by atoms with Gasteiger partial charge in [-0.2, -0.15) is 0 Å². The van der Waals surface area contributed by atoms with Crippen LogP contribution in [0.15, 0.2) is 5.16 Å². The molecule has 102 valence electrons. The molecule has 0 spiro atoms. The molecule has 0 aromatic heterocycles. The van der Waals surface area contributed by atoms with Gasteiger partial charge in [0.05, 0.1) is 23.1 Å². The predicted molar refractivity (Wildman–Crippen MR) is 72.8 cm³/mol. The summed E-state index contributed by atoms with van der Waals surface area (Å²) in [7, 11) is 0. The first-order valence-electron chi connectivity index (χ1n) is 6.42. The minimum Gasteiger partial charge on any atom is -0.463 e. The van der Waals surface area contributed by atoms with Gasteiger partial charge in [-0.15, -0.1) is 0 Å². The van der Waals surface area contributed by atoms with Gasteiger partial charge >= 0.3 is 5.97 Å². The van der Waals surface area contributed by atoms with Crippen LogP contribution in [0.1, 0.15) is 40.5 Å². The van der Waals surface area contributed by atoms with E-state index in [1.54, 1.807) is 0 Å². The molecule has 0 N–H and O–H groups in total. The highest BCUT2D eigenvalue weighted by molar-refractivity contribution is 9.09. The number of carbonyl (C=O) groups is 1. The largest absolute Gasteiger partial charge is 0.463 e. The van der Waals surface area contributed by atoms with Crippen molar-refractivity contribution in [3.05, 3.63) is 0 Å². The lowest BCUT2D eigenvalue weighted by atomic mass is 9.76. The van der Waals surface area contributed by atoms with Crippen molar-refractivity contribution in [3.8, 4) is 0 Å². The van der Waals surface area contributed by atoms with Crippen LogP contribution in [0.2, 0.25) is 0 Å². The smallest absolute Gasteiger partial charge is 0.355 e. The lowest BCUT2D eigenvalue weighted by Crippen LogP contribution is -2.51. The molecule has 1 heterocycles. The second-order valence-electron chi connectivity index (χ2n) is 5.93. The molecule has 4 nitrogen and oxygen atoms in total. The van der Waals surface area contributed by atoms with Gasteiger partial charge in [0.1, 0.15) is 0 Å². The Hall–Kier alpha value is -0.580. The number of rotatable bonds is 2. The normalized spacial score (nSPS) is 34.8. The van der Waals surface area contributed by atoms with E-state index < -0.39 is 5.60 Å². The Morgan fingerprint density at radius 3 is 2.78 bits per heavy atom. The van der Waals surface area contributed by atoms with E-state index in [-0.39, 0.29) is 22.1 Å². The third-order valence-electron chi connectivity index (χ3n) is 3.68. The average Bonchev–Trinajstić information content (AvgIpc) is 2.77. The standard InChI is InChI=1S/C13H20BrNO3/c1-5-17-11(16)13-8(6-7-9(13)14)10(15-18-13)12(2,3)4/h8-9H,5-7H2,1-4H3. The van der Waals surface area contributed by atoms with Crippen LogP contribution in [0, 0.1) is 11.3 Å². The molecule has 0 bridgehead atoms. The van der Waals surface area contributed by atoms with E-state index in [1.165, 1.54) is 0 Å². The van der Waals surface area contributed by atoms with Crippen molar-refractivity contribution >= 4 is 27.6 Å². The van der Waals surface area contributed by atoms with E-state index >= 15 is 0 Å². The van der Waals surface area contributed by atoms with Gasteiger partial charge in [-0.1, -0.05) is 41.9 Å². The van der Waals surface area contributed by atoms with Crippen molar-refractivity contribution in [2.75, 3.05) is 6.61 Å². The minimum atomic E-state index is -0.946. The van der Waals surface area contributed by atoms with Crippen molar-refractivity contribution in [1.29, 1.82) is 0 Å². The Balaban J connectivity index is 2.33. The van der Waals surface area contributed by atoms with E-state index in [2.05, 4.69) is 41.9 Å². The number of fused-ring (bicyclic) bond motifs is 1. The molecule has 0 amide bonds. The monoisotopic (exact) mass is 317 g/mol. The maximum Gasteiger partial charge on any atom is 0.355 e. The number of oxime groups is 1. The number of halogens is 1. The van der Waals surface area contributed by atoms with Gasteiger partial charge < -0.3 is 9.57 Å². The van der Waals surface area contributed by atoms with Crippen molar-refractivity contribution in [2.24, 2.45) is 16.5 Å². The average molecular weight is 318 g/mol. The molecular weight excluding hydrogens is 298 g/mol. The lowest BCUT2D eigenvalue weighted by molar-refractivity contribution is -0.170. The second kappa shape index (κ2) is 4.51. The summed E-state index contributed by atoms with van der Waals surface area (Å²) >= 11 is 3.57. The van der Waals surface area contributed by atoms with Crippen LogP contribution < -0.4 is 0 Å². The Bertz CT molecular complexity index is 388. The van der Waals surface area contributed by atoms with Crippen molar-refractivity contribution in [1.82, 2.24) is 0 Å². The summed E-state index contributed by atoms with van der Waals surface area (Å²) in [6.07, 6.45) is 1.81. The second-order valence-corrected chi connectivity index (χ2v) is 7.03. The highest BCUT2D eigenvalue weighted by Crippen LogP contribution is 2.50. The number of esters is 1. The number of nitrogens with zero attached hydrogens (tertiary/aromatic N) is 1. The fourth-order valence-corrected chi connectivity index (χ4v) is 3.67.